The lowest BCUT2D eigenvalue weighted by molar-refractivity contribution is 0.291. The lowest BCUT2D eigenvalue weighted by Gasteiger charge is -2.39. The van der Waals surface area contributed by atoms with Gasteiger partial charge < -0.3 is 5.32 Å². The third kappa shape index (κ3) is 4.56. The van der Waals surface area contributed by atoms with Crippen LogP contribution in [0.5, 0.6) is 0 Å². The van der Waals surface area contributed by atoms with E-state index in [9.17, 15) is 0 Å². The molecule has 1 aromatic carbocycles. The highest BCUT2D eigenvalue weighted by Crippen LogP contribution is 2.36. The SMILES string of the molecule is CC(C)CCCC1(Nc2ccccc2)CCCCC1. The molecule has 0 heterocycles. The molecule has 1 aliphatic carbocycles. The van der Waals surface area contributed by atoms with Gasteiger partial charge >= 0.3 is 0 Å². The summed E-state index contributed by atoms with van der Waals surface area (Å²) in [4.78, 5) is 0. The van der Waals surface area contributed by atoms with Crippen molar-refractivity contribution < 1.29 is 0 Å². The highest BCUT2D eigenvalue weighted by molar-refractivity contribution is 5.45. The maximum absolute atomic E-state index is 3.87. The van der Waals surface area contributed by atoms with Gasteiger partial charge in [0.15, 0.2) is 0 Å². The van der Waals surface area contributed by atoms with Gasteiger partial charge in [0.1, 0.15) is 0 Å². The predicted molar refractivity (Wildman–Crippen MR) is 84.6 cm³/mol. The molecule has 106 valence electrons. The van der Waals surface area contributed by atoms with E-state index in [0.717, 1.165) is 5.92 Å². The topological polar surface area (TPSA) is 12.0 Å². The Morgan fingerprint density at radius 2 is 1.74 bits per heavy atom. The molecule has 1 fully saturated rings. The first kappa shape index (κ1) is 14.4. The van der Waals surface area contributed by atoms with Crippen LogP contribution in [0.4, 0.5) is 5.69 Å². The highest BCUT2D eigenvalue weighted by atomic mass is 15.0. The molecule has 1 N–H and O–H groups in total. The minimum atomic E-state index is 0.370. The molecular formula is C18H29N. The van der Waals surface area contributed by atoms with Gasteiger partial charge in [-0.25, -0.2) is 0 Å². The molecule has 1 aromatic rings. The Labute approximate surface area is 118 Å². The Morgan fingerprint density at radius 3 is 2.37 bits per heavy atom. The van der Waals surface area contributed by atoms with E-state index in [2.05, 4.69) is 49.5 Å². The number of anilines is 1. The largest absolute Gasteiger partial charge is 0.380 e. The summed E-state index contributed by atoms with van der Waals surface area (Å²) in [5.41, 5.74) is 1.67. The van der Waals surface area contributed by atoms with E-state index < -0.39 is 0 Å². The molecule has 0 aliphatic heterocycles. The van der Waals surface area contributed by atoms with E-state index in [4.69, 9.17) is 0 Å². The highest BCUT2D eigenvalue weighted by Gasteiger charge is 2.31. The van der Waals surface area contributed by atoms with Gasteiger partial charge in [0.05, 0.1) is 0 Å². The van der Waals surface area contributed by atoms with Gasteiger partial charge in [-0.1, -0.05) is 64.2 Å². The second-order valence-corrected chi connectivity index (χ2v) is 6.62. The summed E-state index contributed by atoms with van der Waals surface area (Å²) >= 11 is 0. The zero-order valence-electron chi connectivity index (χ0n) is 12.6. The summed E-state index contributed by atoms with van der Waals surface area (Å²) in [6.45, 7) is 4.66. The number of hydrogen-bond donors (Lipinski definition) is 1. The molecule has 19 heavy (non-hydrogen) atoms. The van der Waals surface area contributed by atoms with Crippen molar-refractivity contribution in [1.82, 2.24) is 0 Å². The summed E-state index contributed by atoms with van der Waals surface area (Å²) in [6, 6.07) is 10.8. The molecule has 1 aliphatic rings. The molecule has 1 saturated carbocycles. The summed E-state index contributed by atoms with van der Waals surface area (Å²) in [5, 5.41) is 3.87. The van der Waals surface area contributed by atoms with Crippen LogP contribution in [-0.4, -0.2) is 5.54 Å². The minimum absolute atomic E-state index is 0.370. The van der Waals surface area contributed by atoms with Crippen LogP contribution >= 0.6 is 0 Å². The third-order valence-corrected chi connectivity index (χ3v) is 4.43. The van der Waals surface area contributed by atoms with E-state index in [1.165, 1.54) is 57.1 Å². The van der Waals surface area contributed by atoms with Crippen molar-refractivity contribution in [2.45, 2.75) is 70.8 Å². The first-order valence-corrected chi connectivity index (χ1v) is 8.03. The summed E-state index contributed by atoms with van der Waals surface area (Å²) in [6.07, 6.45) is 10.9. The molecule has 0 amide bonds. The van der Waals surface area contributed by atoms with E-state index in [-0.39, 0.29) is 0 Å². The second-order valence-electron chi connectivity index (χ2n) is 6.62. The van der Waals surface area contributed by atoms with Crippen LogP contribution in [0.1, 0.15) is 65.2 Å². The van der Waals surface area contributed by atoms with Crippen LogP contribution in [-0.2, 0) is 0 Å². The minimum Gasteiger partial charge on any atom is -0.380 e. The Balaban J connectivity index is 1.97. The molecule has 0 saturated heterocycles. The fraction of sp³-hybridized carbons (Fsp3) is 0.667. The van der Waals surface area contributed by atoms with Crippen molar-refractivity contribution in [2.24, 2.45) is 5.92 Å². The lowest BCUT2D eigenvalue weighted by Crippen LogP contribution is -2.40. The molecule has 0 spiro atoms. The Bertz CT molecular complexity index is 349. The Morgan fingerprint density at radius 1 is 1.05 bits per heavy atom. The fourth-order valence-electron chi connectivity index (χ4n) is 3.34. The third-order valence-electron chi connectivity index (χ3n) is 4.43. The van der Waals surface area contributed by atoms with Gasteiger partial charge in [0.25, 0.3) is 0 Å². The van der Waals surface area contributed by atoms with Crippen LogP contribution in [0.25, 0.3) is 0 Å². The van der Waals surface area contributed by atoms with Crippen molar-refractivity contribution in [3.05, 3.63) is 30.3 Å². The van der Waals surface area contributed by atoms with Gasteiger partial charge in [-0.2, -0.15) is 0 Å². The van der Waals surface area contributed by atoms with Gasteiger partial charge in [-0.3, -0.25) is 0 Å². The first-order chi connectivity index (χ1) is 9.20. The molecule has 0 bridgehead atoms. The molecule has 0 unspecified atom stereocenters. The number of benzene rings is 1. The van der Waals surface area contributed by atoms with Gasteiger partial charge in [0.2, 0.25) is 0 Å². The predicted octanol–water partition coefficient (Wildman–Crippen LogP) is 5.63. The summed E-state index contributed by atoms with van der Waals surface area (Å²) in [5.74, 6) is 0.831. The van der Waals surface area contributed by atoms with Gasteiger partial charge in [-0.05, 0) is 37.3 Å². The smallest absolute Gasteiger partial charge is 0.0373 e. The molecule has 1 nitrogen and oxygen atoms in total. The van der Waals surface area contributed by atoms with Crippen molar-refractivity contribution in [1.29, 1.82) is 0 Å². The van der Waals surface area contributed by atoms with E-state index in [1.54, 1.807) is 0 Å². The molecule has 1 heteroatoms. The Kier molecular flexibility index (Phi) is 5.30. The maximum atomic E-state index is 3.87. The zero-order chi connectivity index (χ0) is 13.6. The van der Waals surface area contributed by atoms with Crippen LogP contribution < -0.4 is 5.32 Å². The van der Waals surface area contributed by atoms with E-state index in [0.29, 0.717) is 5.54 Å². The number of para-hydroxylation sites is 1. The Hall–Kier alpha value is -0.980. The van der Waals surface area contributed by atoms with Crippen molar-refractivity contribution in [3.8, 4) is 0 Å². The first-order valence-electron chi connectivity index (χ1n) is 8.03. The van der Waals surface area contributed by atoms with Crippen LogP contribution in [0.2, 0.25) is 0 Å². The van der Waals surface area contributed by atoms with Gasteiger partial charge in [0, 0.05) is 11.2 Å². The van der Waals surface area contributed by atoms with Crippen LogP contribution in [0.3, 0.4) is 0 Å². The zero-order valence-corrected chi connectivity index (χ0v) is 12.6. The van der Waals surface area contributed by atoms with Crippen molar-refractivity contribution >= 4 is 5.69 Å². The standard InChI is InChI=1S/C18H29N/c1-16(2)10-9-15-18(13-7-4-8-14-18)19-17-11-5-3-6-12-17/h3,5-6,11-12,16,19H,4,7-10,13-15H2,1-2H3. The summed E-state index contributed by atoms with van der Waals surface area (Å²) < 4.78 is 0. The normalized spacial score (nSPS) is 18.5. The number of hydrogen-bond acceptors (Lipinski definition) is 1. The molecule has 0 radical (unpaired) electrons. The molecular weight excluding hydrogens is 230 g/mol. The fourth-order valence-corrected chi connectivity index (χ4v) is 3.34. The average Bonchev–Trinajstić information content (AvgIpc) is 2.40. The average molecular weight is 259 g/mol. The van der Waals surface area contributed by atoms with Crippen molar-refractivity contribution in [3.63, 3.8) is 0 Å². The summed E-state index contributed by atoms with van der Waals surface area (Å²) in [7, 11) is 0. The maximum Gasteiger partial charge on any atom is 0.0373 e. The van der Waals surface area contributed by atoms with Crippen molar-refractivity contribution in [2.75, 3.05) is 5.32 Å². The quantitative estimate of drug-likeness (QED) is 0.698. The molecule has 2 rings (SSSR count). The molecule has 0 aromatic heterocycles. The monoisotopic (exact) mass is 259 g/mol. The van der Waals surface area contributed by atoms with E-state index in [1.807, 2.05) is 0 Å². The molecule has 0 atom stereocenters. The van der Waals surface area contributed by atoms with E-state index >= 15 is 0 Å². The van der Waals surface area contributed by atoms with Gasteiger partial charge in [-0.15, -0.1) is 0 Å². The lowest BCUT2D eigenvalue weighted by atomic mass is 9.77. The van der Waals surface area contributed by atoms with Crippen LogP contribution in [0.15, 0.2) is 30.3 Å². The number of rotatable bonds is 6. The number of nitrogens with one attached hydrogen (secondary N) is 1. The second kappa shape index (κ2) is 6.98. The van der Waals surface area contributed by atoms with Crippen LogP contribution in [0, 0.1) is 5.92 Å².